The first-order valence-corrected chi connectivity index (χ1v) is 9.24. The number of nitrogens with one attached hydrogen (secondary N) is 2. The lowest BCUT2D eigenvalue weighted by Crippen LogP contribution is -2.36. The van der Waals surface area contributed by atoms with Gasteiger partial charge in [0.05, 0.1) is 20.8 Å². The molecule has 2 N–H and O–H groups in total. The highest BCUT2D eigenvalue weighted by Gasteiger charge is 2.11. The van der Waals surface area contributed by atoms with E-state index in [1.807, 2.05) is 32.0 Å². The summed E-state index contributed by atoms with van der Waals surface area (Å²) in [6.07, 6.45) is 0. The molecule has 0 aliphatic carbocycles. The van der Waals surface area contributed by atoms with Crippen molar-refractivity contribution in [3.05, 3.63) is 53.1 Å². The van der Waals surface area contributed by atoms with Crippen molar-refractivity contribution in [2.45, 2.75) is 33.5 Å². The number of benzene rings is 2. The number of guanidine groups is 1. The van der Waals surface area contributed by atoms with Crippen LogP contribution in [-0.2, 0) is 13.1 Å². The van der Waals surface area contributed by atoms with Gasteiger partial charge in [-0.1, -0.05) is 18.2 Å². The van der Waals surface area contributed by atoms with Crippen LogP contribution in [0.4, 0.5) is 8.78 Å². The molecular formula is C21H27F2N3O3. The molecule has 0 radical (unpaired) electrons. The number of rotatable bonds is 9. The molecule has 0 aliphatic rings. The predicted octanol–water partition coefficient (Wildman–Crippen LogP) is 3.87. The SMILES string of the molecule is CCNC(=NCc1ccc(OC)c(OC(F)F)c1)NCc1ccc(C)cc1OC. The number of methoxy groups -OCH3 is 2. The van der Waals surface area contributed by atoms with Gasteiger partial charge in [-0.15, -0.1) is 0 Å². The van der Waals surface area contributed by atoms with Crippen LogP contribution in [-0.4, -0.2) is 33.3 Å². The van der Waals surface area contributed by atoms with Crippen LogP contribution in [0.2, 0.25) is 0 Å². The van der Waals surface area contributed by atoms with Gasteiger partial charge in [0.15, 0.2) is 17.5 Å². The van der Waals surface area contributed by atoms with E-state index in [0.717, 1.165) is 16.9 Å². The molecule has 0 aliphatic heterocycles. The molecule has 2 rings (SSSR count). The van der Waals surface area contributed by atoms with Crippen LogP contribution in [0.3, 0.4) is 0 Å². The minimum absolute atomic E-state index is 0.0162. The maximum atomic E-state index is 12.6. The van der Waals surface area contributed by atoms with E-state index in [-0.39, 0.29) is 18.0 Å². The molecule has 0 fully saturated rings. The summed E-state index contributed by atoms with van der Waals surface area (Å²) in [7, 11) is 3.04. The molecular weight excluding hydrogens is 380 g/mol. The first-order chi connectivity index (χ1) is 14.0. The number of hydrogen-bond acceptors (Lipinski definition) is 4. The second kappa shape index (κ2) is 11.1. The minimum Gasteiger partial charge on any atom is -0.496 e. The Balaban J connectivity index is 2.11. The number of aryl methyl sites for hydroxylation is 1. The maximum Gasteiger partial charge on any atom is 0.387 e. The van der Waals surface area contributed by atoms with Crippen LogP contribution in [0.1, 0.15) is 23.6 Å². The van der Waals surface area contributed by atoms with Crippen LogP contribution < -0.4 is 24.8 Å². The zero-order valence-electron chi connectivity index (χ0n) is 17.1. The summed E-state index contributed by atoms with van der Waals surface area (Å²) in [5.74, 6) is 1.63. The van der Waals surface area contributed by atoms with Crippen molar-refractivity contribution in [3.63, 3.8) is 0 Å². The number of hydrogen-bond donors (Lipinski definition) is 2. The highest BCUT2D eigenvalue weighted by molar-refractivity contribution is 5.79. The smallest absolute Gasteiger partial charge is 0.387 e. The molecule has 0 bridgehead atoms. The van der Waals surface area contributed by atoms with Crippen LogP contribution in [0.5, 0.6) is 17.2 Å². The van der Waals surface area contributed by atoms with Gasteiger partial charge in [-0.25, -0.2) is 4.99 Å². The monoisotopic (exact) mass is 407 g/mol. The minimum atomic E-state index is -2.92. The van der Waals surface area contributed by atoms with E-state index in [1.54, 1.807) is 19.2 Å². The van der Waals surface area contributed by atoms with Crippen LogP contribution in [0.15, 0.2) is 41.4 Å². The first kappa shape index (κ1) is 22.3. The Hall–Kier alpha value is -3.03. The third-order valence-electron chi connectivity index (χ3n) is 4.10. The van der Waals surface area contributed by atoms with Crippen molar-refractivity contribution in [2.24, 2.45) is 4.99 Å². The summed E-state index contributed by atoms with van der Waals surface area (Å²) in [5, 5.41) is 6.42. The molecule has 0 unspecified atom stereocenters. The molecule has 2 aromatic rings. The van der Waals surface area contributed by atoms with E-state index in [9.17, 15) is 8.78 Å². The molecule has 0 aromatic heterocycles. The molecule has 0 saturated heterocycles. The Bertz CT molecular complexity index is 829. The van der Waals surface area contributed by atoms with Gasteiger partial charge in [0.2, 0.25) is 0 Å². The van der Waals surface area contributed by atoms with E-state index < -0.39 is 6.61 Å². The number of alkyl halides is 2. The van der Waals surface area contributed by atoms with E-state index >= 15 is 0 Å². The van der Waals surface area contributed by atoms with Crippen molar-refractivity contribution in [3.8, 4) is 17.2 Å². The number of ether oxygens (including phenoxy) is 3. The van der Waals surface area contributed by atoms with Gasteiger partial charge in [0.25, 0.3) is 0 Å². The van der Waals surface area contributed by atoms with Crippen molar-refractivity contribution in [1.82, 2.24) is 10.6 Å². The maximum absolute atomic E-state index is 12.6. The van der Waals surface area contributed by atoms with E-state index in [2.05, 4.69) is 20.4 Å². The van der Waals surface area contributed by atoms with Gasteiger partial charge < -0.3 is 24.8 Å². The molecule has 0 saturated carbocycles. The average molecular weight is 407 g/mol. The molecule has 0 atom stereocenters. The van der Waals surface area contributed by atoms with E-state index in [1.165, 1.54) is 13.2 Å². The summed E-state index contributed by atoms with van der Waals surface area (Å²) in [6.45, 7) is 2.53. The normalized spacial score (nSPS) is 11.3. The second-order valence-corrected chi connectivity index (χ2v) is 6.23. The molecule has 0 amide bonds. The fourth-order valence-corrected chi connectivity index (χ4v) is 2.70. The quantitative estimate of drug-likeness (QED) is 0.488. The molecule has 29 heavy (non-hydrogen) atoms. The largest absolute Gasteiger partial charge is 0.496 e. The molecule has 158 valence electrons. The van der Waals surface area contributed by atoms with Crippen LogP contribution in [0, 0.1) is 6.92 Å². The van der Waals surface area contributed by atoms with Gasteiger partial charge in [0.1, 0.15) is 5.75 Å². The Morgan fingerprint density at radius 2 is 1.76 bits per heavy atom. The van der Waals surface area contributed by atoms with Gasteiger partial charge in [0, 0.05) is 18.7 Å². The van der Waals surface area contributed by atoms with E-state index in [4.69, 9.17) is 9.47 Å². The number of nitrogens with zero attached hydrogens (tertiary/aromatic N) is 1. The zero-order valence-corrected chi connectivity index (χ0v) is 17.1. The Labute approximate surface area is 169 Å². The van der Waals surface area contributed by atoms with Gasteiger partial charge in [-0.2, -0.15) is 8.78 Å². The Morgan fingerprint density at radius 1 is 1.00 bits per heavy atom. The van der Waals surface area contributed by atoms with Gasteiger partial charge in [-0.3, -0.25) is 0 Å². The molecule has 0 heterocycles. The molecule has 0 spiro atoms. The van der Waals surface area contributed by atoms with Gasteiger partial charge in [-0.05, 0) is 43.2 Å². The third kappa shape index (κ3) is 6.81. The molecule has 8 heteroatoms. The number of aliphatic imine (C=N–C) groups is 1. The fourth-order valence-electron chi connectivity index (χ4n) is 2.70. The molecule has 6 nitrogen and oxygen atoms in total. The summed E-state index contributed by atoms with van der Waals surface area (Å²) in [6, 6.07) is 10.8. The predicted molar refractivity (Wildman–Crippen MR) is 109 cm³/mol. The number of halogens is 2. The summed E-state index contributed by atoms with van der Waals surface area (Å²) in [5.41, 5.74) is 2.83. The fraction of sp³-hybridized carbons (Fsp3) is 0.381. The van der Waals surface area contributed by atoms with Gasteiger partial charge >= 0.3 is 6.61 Å². The van der Waals surface area contributed by atoms with Crippen molar-refractivity contribution in [2.75, 3.05) is 20.8 Å². The lowest BCUT2D eigenvalue weighted by Gasteiger charge is -2.14. The second-order valence-electron chi connectivity index (χ2n) is 6.23. The lowest BCUT2D eigenvalue weighted by molar-refractivity contribution is -0.0512. The van der Waals surface area contributed by atoms with Crippen LogP contribution >= 0.6 is 0 Å². The molecule has 2 aromatic carbocycles. The Kier molecular flexibility index (Phi) is 8.51. The van der Waals surface area contributed by atoms with Crippen molar-refractivity contribution < 1.29 is 23.0 Å². The summed E-state index contributed by atoms with van der Waals surface area (Å²) >= 11 is 0. The standard InChI is InChI=1S/C21H27F2N3O3/c1-5-24-21(26-13-16-8-6-14(2)10-18(16)28-4)25-12-15-7-9-17(27-3)19(11-15)29-20(22)23/h6-11,20H,5,12-13H2,1-4H3,(H2,24,25,26). The topological polar surface area (TPSA) is 64.1 Å². The van der Waals surface area contributed by atoms with Crippen molar-refractivity contribution in [1.29, 1.82) is 0 Å². The summed E-state index contributed by atoms with van der Waals surface area (Å²) < 4.78 is 40.2. The van der Waals surface area contributed by atoms with Crippen LogP contribution in [0.25, 0.3) is 0 Å². The first-order valence-electron chi connectivity index (χ1n) is 9.24. The third-order valence-corrected chi connectivity index (χ3v) is 4.10. The van der Waals surface area contributed by atoms with Crippen molar-refractivity contribution >= 4 is 5.96 Å². The highest BCUT2D eigenvalue weighted by Crippen LogP contribution is 2.29. The summed E-state index contributed by atoms with van der Waals surface area (Å²) in [4.78, 5) is 4.52. The highest BCUT2D eigenvalue weighted by atomic mass is 19.3. The lowest BCUT2D eigenvalue weighted by atomic mass is 10.1. The average Bonchev–Trinajstić information content (AvgIpc) is 2.70. The Morgan fingerprint density at radius 3 is 2.41 bits per heavy atom. The zero-order chi connectivity index (χ0) is 21.2. The van der Waals surface area contributed by atoms with E-state index in [0.29, 0.717) is 24.6 Å².